The maximum absolute atomic E-state index is 6.66. The average molecular weight is 492 g/mol. The second-order valence-electron chi connectivity index (χ2n) is 11.8. The van der Waals surface area contributed by atoms with E-state index in [1.165, 1.54) is 63.3 Å². The lowest BCUT2D eigenvalue weighted by molar-refractivity contribution is -0.180. The summed E-state index contributed by atoms with van der Waals surface area (Å²) < 4.78 is 20.9. The van der Waals surface area contributed by atoms with E-state index in [-0.39, 0.29) is 18.4 Å². The predicted molar refractivity (Wildman–Crippen MR) is 149 cm³/mol. The Balaban J connectivity index is 1.83. The highest BCUT2D eigenvalue weighted by molar-refractivity contribution is 6.86. The molecule has 0 unspecified atom stereocenters. The van der Waals surface area contributed by atoms with Gasteiger partial charge in [0, 0.05) is 13.0 Å². The first-order chi connectivity index (χ1) is 16.3. The smallest absolute Gasteiger partial charge is 0.420 e. The van der Waals surface area contributed by atoms with E-state index in [1.807, 2.05) is 0 Å². The first-order valence-electron chi connectivity index (χ1n) is 14.3. The van der Waals surface area contributed by atoms with E-state index in [2.05, 4.69) is 63.6 Å². The molecule has 1 fully saturated rings. The van der Waals surface area contributed by atoms with E-state index in [0.29, 0.717) is 0 Å². The van der Waals surface area contributed by atoms with Crippen molar-refractivity contribution in [1.29, 1.82) is 0 Å². The number of hydrogen-bond acceptors (Lipinski definition) is 4. The second-order valence-corrected chi connectivity index (χ2v) is 16.9. The summed E-state index contributed by atoms with van der Waals surface area (Å²) >= 11 is 0. The van der Waals surface area contributed by atoms with E-state index >= 15 is 0 Å². The third kappa shape index (κ3) is 9.83. The van der Waals surface area contributed by atoms with Crippen LogP contribution in [-0.4, -0.2) is 45.9 Å². The van der Waals surface area contributed by atoms with Gasteiger partial charge in [-0.05, 0) is 42.0 Å². The summed E-state index contributed by atoms with van der Waals surface area (Å²) in [6.07, 6.45) is 23.1. The summed E-state index contributed by atoms with van der Waals surface area (Å²) in [5, 5.41) is 0.258. The van der Waals surface area contributed by atoms with Gasteiger partial charge in [-0.2, -0.15) is 0 Å². The molecule has 0 aliphatic carbocycles. The van der Waals surface area contributed by atoms with Gasteiger partial charge in [0.05, 0.1) is 13.2 Å². The number of unbranched alkanes of at least 4 members (excludes halogenated alkanes) is 9. The van der Waals surface area contributed by atoms with Crippen LogP contribution in [0.3, 0.4) is 0 Å². The van der Waals surface area contributed by atoms with Crippen LogP contribution in [0.1, 0.15) is 111 Å². The molecule has 0 atom stereocenters. The number of nitrogens with zero attached hydrogens (tertiary/aromatic N) is 1. The Kier molecular flexibility index (Phi) is 13.6. The Morgan fingerprint density at radius 1 is 0.971 bits per heavy atom. The van der Waals surface area contributed by atoms with Gasteiger partial charge in [-0.3, -0.25) is 0 Å². The topological polar surface area (TPSA) is 30.9 Å². The molecule has 2 heterocycles. The molecule has 0 N–H and O–H groups in total. The van der Waals surface area contributed by atoms with Crippen molar-refractivity contribution in [3.8, 4) is 0 Å². The summed E-state index contributed by atoms with van der Waals surface area (Å²) in [6.45, 7) is 16.9. The summed E-state index contributed by atoms with van der Waals surface area (Å²) in [5.74, 6) is 0. The highest BCUT2D eigenvalue weighted by Crippen LogP contribution is 2.41. The van der Waals surface area contributed by atoms with E-state index in [1.54, 1.807) is 0 Å². The van der Waals surface area contributed by atoms with Crippen LogP contribution in [0.2, 0.25) is 18.1 Å². The largest absolute Gasteiger partial charge is 0.438 e. The minimum Gasteiger partial charge on any atom is -0.420 e. The van der Waals surface area contributed by atoms with Gasteiger partial charge in [-0.25, -0.2) is 0 Å². The second kappa shape index (κ2) is 15.5. The van der Waals surface area contributed by atoms with Gasteiger partial charge in [0.25, 0.3) is 0 Å². The molecule has 1 saturated heterocycles. The molecule has 2 rings (SSSR count). The Hall–Kier alpha value is -0.558. The fourth-order valence-electron chi connectivity index (χ4n) is 4.63. The summed E-state index contributed by atoms with van der Waals surface area (Å²) in [7, 11) is -1.71. The van der Waals surface area contributed by atoms with Crippen molar-refractivity contribution in [2.75, 3.05) is 19.8 Å². The third-order valence-corrected chi connectivity index (χ3v) is 13.3. The van der Waals surface area contributed by atoms with Crippen molar-refractivity contribution >= 4 is 15.3 Å². The molecule has 34 heavy (non-hydrogen) atoms. The molecule has 4 nitrogen and oxygen atoms in total. The van der Waals surface area contributed by atoms with Gasteiger partial charge in [-0.15, -0.1) is 0 Å². The minimum atomic E-state index is -1.76. The maximum Gasteiger partial charge on any atom is 0.438 e. The fraction of sp³-hybridized carbons (Fsp3) is 0.857. The van der Waals surface area contributed by atoms with Gasteiger partial charge in [0.15, 0.2) is 6.29 Å². The molecule has 0 saturated carbocycles. The first kappa shape index (κ1) is 29.7. The van der Waals surface area contributed by atoms with Gasteiger partial charge >= 0.3 is 7.05 Å². The zero-order valence-corrected chi connectivity index (χ0v) is 24.4. The SMILES string of the molecule is CCCCCCCCCCCCOB1C(CCC2OCCCO2)=CC=CN1[Si](C)(C)C(C)(C)C. The Labute approximate surface area is 213 Å². The molecule has 196 valence electrons. The highest BCUT2D eigenvalue weighted by Gasteiger charge is 2.46. The average Bonchev–Trinajstić information content (AvgIpc) is 2.81. The van der Waals surface area contributed by atoms with Crippen LogP contribution < -0.4 is 0 Å². The van der Waals surface area contributed by atoms with Crippen LogP contribution in [0.5, 0.6) is 0 Å². The summed E-state index contributed by atoms with van der Waals surface area (Å²) in [5.41, 5.74) is 1.37. The predicted octanol–water partition coefficient (Wildman–Crippen LogP) is 8.26. The van der Waals surface area contributed by atoms with Crippen LogP contribution >= 0.6 is 0 Å². The van der Waals surface area contributed by atoms with Crippen LogP contribution in [0.4, 0.5) is 0 Å². The number of rotatable bonds is 16. The fourth-order valence-corrected chi connectivity index (χ4v) is 6.69. The molecule has 2 aliphatic heterocycles. The minimum absolute atomic E-state index is 0.0491. The van der Waals surface area contributed by atoms with E-state index in [9.17, 15) is 0 Å². The van der Waals surface area contributed by atoms with Crippen LogP contribution in [0, 0.1) is 0 Å². The van der Waals surface area contributed by atoms with Gasteiger partial charge < -0.3 is 18.6 Å². The Morgan fingerprint density at radius 2 is 1.56 bits per heavy atom. The zero-order valence-electron chi connectivity index (χ0n) is 23.4. The Morgan fingerprint density at radius 3 is 2.15 bits per heavy atom. The molecule has 0 radical (unpaired) electrons. The first-order valence-corrected chi connectivity index (χ1v) is 17.2. The maximum atomic E-state index is 6.66. The van der Waals surface area contributed by atoms with Crippen molar-refractivity contribution < 1.29 is 14.1 Å². The molecular formula is C28H54BNO3Si. The van der Waals surface area contributed by atoms with Crippen LogP contribution in [0.15, 0.2) is 23.8 Å². The van der Waals surface area contributed by atoms with E-state index in [0.717, 1.165) is 45.5 Å². The van der Waals surface area contributed by atoms with Crippen LogP contribution in [0.25, 0.3) is 0 Å². The van der Waals surface area contributed by atoms with Crippen molar-refractivity contribution in [3.63, 3.8) is 0 Å². The summed E-state index contributed by atoms with van der Waals surface area (Å²) in [4.78, 5) is 0. The third-order valence-electron chi connectivity index (χ3n) is 7.95. The molecule has 6 heteroatoms. The van der Waals surface area contributed by atoms with Crippen molar-refractivity contribution in [1.82, 2.24) is 4.48 Å². The molecular weight excluding hydrogens is 437 g/mol. The van der Waals surface area contributed by atoms with Crippen molar-refractivity contribution in [2.45, 2.75) is 136 Å². The molecule has 0 aromatic heterocycles. The zero-order chi connectivity index (χ0) is 24.9. The lowest BCUT2D eigenvalue weighted by Crippen LogP contribution is -2.60. The van der Waals surface area contributed by atoms with Gasteiger partial charge in [0.2, 0.25) is 0 Å². The molecule has 0 bridgehead atoms. The van der Waals surface area contributed by atoms with Gasteiger partial charge in [0.1, 0.15) is 8.24 Å². The number of ether oxygens (including phenoxy) is 2. The van der Waals surface area contributed by atoms with Crippen molar-refractivity contribution in [3.05, 3.63) is 23.8 Å². The monoisotopic (exact) mass is 491 g/mol. The lowest BCUT2D eigenvalue weighted by Gasteiger charge is -2.49. The quantitative estimate of drug-likeness (QED) is 0.161. The highest BCUT2D eigenvalue weighted by atomic mass is 28.3. The summed E-state index contributed by atoms with van der Waals surface area (Å²) in [6, 6.07) is 0. The van der Waals surface area contributed by atoms with E-state index < -0.39 is 8.24 Å². The standard InChI is InChI=1S/C28H54BNO3Si/c1-7-8-9-10-11-12-13-14-15-16-25-33-29-26(20-21-27-31-23-18-24-32-27)19-17-22-30(29)34(5,6)28(2,3)4/h17,19,22,27H,7-16,18,20-21,23-25H2,1-6H3. The molecule has 0 aromatic rings. The van der Waals surface area contributed by atoms with Gasteiger partial charge in [-0.1, -0.05) is 105 Å². The molecule has 0 aromatic carbocycles. The normalized spacial score (nSPS) is 18.0. The van der Waals surface area contributed by atoms with Crippen LogP contribution in [-0.2, 0) is 14.1 Å². The molecule has 2 aliphatic rings. The van der Waals surface area contributed by atoms with E-state index in [4.69, 9.17) is 14.1 Å². The Bertz CT molecular complexity index is 611. The molecule has 0 amide bonds. The number of allylic oxidation sites excluding steroid dienone is 3. The van der Waals surface area contributed by atoms with Crippen molar-refractivity contribution in [2.24, 2.45) is 0 Å². The molecule has 0 spiro atoms. The number of hydrogen-bond donors (Lipinski definition) is 0. The lowest BCUT2D eigenvalue weighted by atomic mass is 9.69.